The van der Waals surface area contributed by atoms with Crippen molar-refractivity contribution in [3.8, 4) is 11.8 Å². The third-order valence-electron chi connectivity index (χ3n) is 2.00. The zero-order valence-electron chi connectivity index (χ0n) is 10.1. The van der Waals surface area contributed by atoms with E-state index in [1.807, 2.05) is 6.92 Å². The van der Waals surface area contributed by atoms with E-state index < -0.39 is 0 Å². The fraction of sp³-hybridized carbons (Fsp3) is 0.615. The number of rotatable bonds is 4. The molecule has 0 saturated heterocycles. The van der Waals surface area contributed by atoms with Gasteiger partial charge in [0.25, 0.3) is 0 Å². The number of unbranched alkanes of at least 4 members (excludes halogenated alkanes) is 2. The molecule has 0 aromatic rings. The molecule has 1 unspecified atom stereocenters. The van der Waals surface area contributed by atoms with Crippen LogP contribution < -0.4 is 0 Å². The maximum atomic E-state index is 11.3. The van der Waals surface area contributed by atoms with Crippen LogP contribution in [-0.2, 0) is 9.53 Å². The molecule has 0 heterocycles. The monoisotopic (exact) mass is 208 g/mol. The lowest BCUT2D eigenvalue weighted by molar-refractivity contribution is -0.141. The van der Waals surface area contributed by atoms with Crippen LogP contribution in [-0.4, -0.2) is 12.1 Å². The lowest BCUT2D eigenvalue weighted by Gasteiger charge is -2.06. The predicted octanol–water partition coefficient (Wildman–Crippen LogP) is 3.08. The SMILES string of the molecule is C/C=C(\C)C(=O)OC(C)C#CCCCC. The van der Waals surface area contributed by atoms with Crippen LogP contribution in [0.1, 0.15) is 47.0 Å². The summed E-state index contributed by atoms with van der Waals surface area (Å²) in [5, 5.41) is 0. The fourth-order valence-corrected chi connectivity index (χ4v) is 0.882. The lowest BCUT2D eigenvalue weighted by Crippen LogP contribution is -2.13. The molecule has 0 bridgehead atoms. The Labute approximate surface area is 92.7 Å². The van der Waals surface area contributed by atoms with E-state index in [0.717, 1.165) is 19.3 Å². The fourth-order valence-electron chi connectivity index (χ4n) is 0.882. The van der Waals surface area contributed by atoms with Crippen LogP contribution in [0.15, 0.2) is 11.6 Å². The van der Waals surface area contributed by atoms with Crippen molar-refractivity contribution in [2.45, 2.75) is 53.1 Å². The quantitative estimate of drug-likeness (QED) is 0.307. The Morgan fingerprint density at radius 1 is 1.53 bits per heavy atom. The minimum atomic E-state index is -0.316. The van der Waals surface area contributed by atoms with E-state index in [2.05, 4.69) is 18.8 Å². The van der Waals surface area contributed by atoms with E-state index in [9.17, 15) is 4.79 Å². The van der Waals surface area contributed by atoms with Crippen LogP contribution in [0, 0.1) is 11.8 Å². The number of ether oxygens (including phenoxy) is 1. The lowest BCUT2D eigenvalue weighted by atomic mass is 10.2. The average molecular weight is 208 g/mol. The Bertz CT molecular complexity index is 279. The van der Waals surface area contributed by atoms with Crippen LogP contribution in [0.5, 0.6) is 0 Å². The third-order valence-corrected chi connectivity index (χ3v) is 2.00. The second-order valence-electron chi connectivity index (χ2n) is 3.44. The van der Waals surface area contributed by atoms with Gasteiger partial charge in [-0.05, 0) is 27.2 Å². The molecule has 2 nitrogen and oxygen atoms in total. The van der Waals surface area contributed by atoms with Gasteiger partial charge in [0.15, 0.2) is 6.10 Å². The van der Waals surface area contributed by atoms with Crippen molar-refractivity contribution in [2.75, 3.05) is 0 Å². The zero-order chi connectivity index (χ0) is 11.7. The van der Waals surface area contributed by atoms with Gasteiger partial charge < -0.3 is 4.74 Å². The van der Waals surface area contributed by atoms with Gasteiger partial charge in [0, 0.05) is 12.0 Å². The summed E-state index contributed by atoms with van der Waals surface area (Å²) in [5.74, 6) is 5.63. The summed E-state index contributed by atoms with van der Waals surface area (Å²) in [4.78, 5) is 11.3. The smallest absolute Gasteiger partial charge is 0.334 e. The molecule has 2 heteroatoms. The van der Waals surface area contributed by atoms with E-state index in [0.29, 0.717) is 5.57 Å². The summed E-state index contributed by atoms with van der Waals surface area (Å²) in [7, 11) is 0. The summed E-state index contributed by atoms with van der Waals surface area (Å²) >= 11 is 0. The maximum absolute atomic E-state index is 11.3. The Kier molecular flexibility index (Phi) is 7.44. The van der Waals surface area contributed by atoms with Crippen molar-refractivity contribution in [1.82, 2.24) is 0 Å². The highest BCUT2D eigenvalue weighted by molar-refractivity contribution is 5.87. The molecule has 0 spiro atoms. The number of hydrogen-bond donors (Lipinski definition) is 0. The van der Waals surface area contributed by atoms with E-state index in [4.69, 9.17) is 4.74 Å². The van der Waals surface area contributed by atoms with Gasteiger partial charge in [-0.1, -0.05) is 31.3 Å². The van der Waals surface area contributed by atoms with Crippen molar-refractivity contribution in [3.05, 3.63) is 11.6 Å². The molecule has 84 valence electrons. The standard InChI is InChI=1S/C13H20O2/c1-5-7-8-9-10-12(4)15-13(14)11(3)6-2/h6,12H,5,7-8H2,1-4H3/b11-6+. The van der Waals surface area contributed by atoms with E-state index in [1.165, 1.54) is 0 Å². The first-order chi connectivity index (χ1) is 7.11. The van der Waals surface area contributed by atoms with Crippen molar-refractivity contribution in [3.63, 3.8) is 0 Å². The summed E-state index contributed by atoms with van der Waals surface area (Å²) < 4.78 is 5.10. The van der Waals surface area contributed by atoms with Crippen LogP contribution in [0.2, 0.25) is 0 Å². The van der Waals surface area contributed by atoms with Gasteiger partial charge in [0.2, 0.25) is 0 Å². The largest absolute Gasteiger partial charge is 0.446 e. The Morgan fingerprint density at radius 3 is 2.73 bits per heavy atom. The van der Waals surface area contributed by atoms with Gasteiger partial charge in [-0.3, -0.25) is 0 Å². The number of allylic oxidation sites excluding steroid dienone is 1. The number of esters is 1. The Balaban J connectivity index is 3.96. The van der Waals surface area contributed by atoms with Gasteiger partial charge in [-0.2, -0.15) is 0 Å². The Morgan fingerprint density at radius 2 is 2.20 bits per heavy atom. The molecule has 0 aliphatic heterocycles. The van der Waals surface area contributed by atoms with Crippen LogP contribution >= 0.6 is 0 Å². The number of carbonyl (C=O) groups excluding carboxylic acids is 1. The van der Waals surface area contributed by atoms with Crippen molar-refractivity contribution in [1.29, 1.82) is 0 Å². The topological polar surface area (TPSA) is 26.3 Å². The highest BCUT2D eigenvalue weighted by Crippen LogP contribution is 2.00. The first-order valence-corrected chi connectivity index (χ1v) is 5.44. The van der Waals surface area contributed by atoms with Gasteiger partial charge >= 0.3 is 5.97 Å². The van der Waals surface area contributed by atoms with Gasteiger partial charge in [0.1, 0.15) is 0 Å². The first-order valence-electron chi connectivity index (χ1n) is 5.44. The first kappa shape index (κ1) is 13.8. The van der Waals surface area contributed by atoms with E-state index >= 15 is 0 Å². The van der Waals surface area contributed by atoms with Crippen LogP contribution in [0.4, 0.5) is 0 Å². The highest BCUT2D eigenvalue weighted by Gasteiger charge is 2.07. The normalized spacial score (nSPS) is 12.7. The summed E-state index contributed by atoms with van der Waals surface area (Å²) in [6, 6.07) is 0. The minimum Gasteiger partial charge on any atom is -0.446 e. The molecule has 0 N–H and O–H groups in total. The number of carbonyl (C=O) groups is 1. The molecule has 0 aromatic carbocycles. The molecule has 0 radical (unpaired) electrons. The van der Waals surface area contributed by atoms with Crippen molar-refractivity contribution in [2.24, 2.45) is 0 Å². The van der Waals surface area contributed by atoms with Gasteiger partial charge in [0.05, 0.1) is 0 Å². The highest BCUT2D eigenvalue weighted by atomic mass is 16.5. The molecule has 0 aliphatic carbocycles. The maximum Gasteiger partial charge on any atom is 0.334 e. The minimum absolute atomic E-state index is 0.283. The predicted molar refractivity (Wildman–Crippen MR) is 62.3 cm³/mol. The molecule has 15 heavy (non-hydrogen) atoms. The second kappa shape index (κ2) is 8.11. The molecular weight excluding hydrogens is 188 g/mol. The molecule has 0 fully saturated rings. The van der Waals surface area contributed by atoms with Gasteiger partial charge in [-0.25, -0.2) is 4.79 Å². The van der Waals surface area contributed by atoms with Gasteiger partial charge in [-0.15, -0.1) is 0 Å². The molecule has 0 rings (SSSR count). The zero-order valence-corrected chi connectivity index (χ0v) is 10.1. The molecule has 0 amide bonds. The van der Waals surface area contributed by atoms with E-state index in [-0.39, 0.29) is 12.1 Å². The van der Waals surface area contributed by atoms with Crippen molar-refractivity contribution < 1.29 is 9.53 Å². The van der Waals surface area contributed by atoms with Crippen molar-refractivity contribution >= 4 is 5.97 Å². The molecule has 0 saturated carbocycles. The van der Waals surface area contributed by atoms with E-state index in [1.54, 1.807) is 19.9 Å². The molecule has 1 atom stereocenters. The number of hydrogen-bond acceptors (Lipinski definition) is 2. The molecule has 0 aliphatic rings. The average Bonchev–Trinajstić information content (AvgIpc) is 2.23. The third kappa shape index (κ3) is 6.79. The summed E-state index contributed by atoms with van der Waals surface area (Å²) in [5.41, 5.74) is 0.622. The molecule has 0 aromatic heterocycles. The summed E-state index contributed by atoms with van der Waals surface area (Å²) in [6.45, 7) is 7.47. The second-order valence-corrected chi connectivity index (χ2v) is 3.44. The molecular formula is C13H20O2. The summed E-state index contributed by atoms with van der Waals surface area (Å²) in [6.07, 6.45) is 4.53. The van der Waals surface area contributed by atoms with Crippen LogP contribution in [0.25, 0.3) is 0 Å². The van der Waals surface area contributed by atoms with Crippen LogP contribution in [0.3, 0.4) is 0 Å². The Hall–Kier alpha value is -1.23.